The lowest BCUT2D eigenvalue weighted by Crippen LogP contribution is -2.46. The maximum atomic E-state index is 5.55. The Hall–Kier alpha value is -1.10. The fourth-order valence-corrected chi connectivity index (χ4v) is 3.42. The van der Waals surface area contributed by atoms with Gasteiger partial charge < -0.3 is 14.8 Å². The number of rotatable bonds is 5. The van der Waals surface area contributed by atoms with Gasteiger partial charge in [0.05, 0.1) is 13.2 Å². The molecular weight excluding hydrogens is 264 g/mol. The number of para-hydroxylation sites is 1. The minimum absolute atomic E-state index is 0.414. The quantitative estimate of drug-likeness (QED) is 0.900. The van der Waals surface area contributed by atoms with Gasteiger partial charge in [-0.1, -0.05) is 18.2 Å². The van der Waals surface area contributed by atoms with Crippen LogP contribution in [0.1, 0.15) is 24.4 Å². The smallest absolute Gasteiger partial charge is 0.123 e. The molecule has 0 radical (unpaired) electrons. The van der Waals surface area contributed by atoms with E-state index in [1.807, 2.05) is 6.07 Å². The summed E-state index contributed by atoms with van der Waals surface area (Å²) in [6, 6.07) is 8.82. The van der Waals surface area contributed by atoms with Crippen LogP contribution in [0.3, 0.4) is 0 Å². The maximum Gasteiger partial charge on any atom is 0.123 e. The number of hydrogen-bond acceptors (Lipinski definition) is 4. The normalized spacial score (nSPS) is 26.9. The molecule has 2 heterocycles. The van der Waals surface area contributed by atoms with Crippen molar-refractivity contribution in [3.05, 3.63) is 29.8 Å². The Kier molecular flexibility index (Phi) is 5.12. The average Bonchev–Trinajstić information content (AvgIpc) is 3.06. The molecule has 1 N–H and O–H groups in total. The highest BCUT2D eigenvalue weighted by Crippen LogP contribution is 2.30. The van der Waals surface area contributed by atoms with Crippen LogP contribution in [0, 0.1) is 5.92 Å². The lowest BCUT2D eigenvalue weighted by molar-refractivity contribution is 0.141. The van der Waals surface area contributed by atoms with Crippen molar-refractivity contribution in [2.24, 2.45) is 5.92 Å². The first-order valence-electron chi connectivity index (χ1n) is 8.04. The van der Waals surface area contributed by atoms with Crippen molar-refractivity contribution in [1.29, 1.82) is 0 Å². The van der Waals surface area contributed by atoms with Gasteiger partial charge in [-0.25, -0.2) is 0 Å². The summed E-state index contributed by atoms with van der Waals surface area (Å²) in [4.78, 5) is 2.60. The highest BCUT2D eigenvalue weighted by molar-refractivity contribution is 5.36. The highest BCUT2D eigenvalue weighted by Gasteiger charge is 2.27. The SMILES string of the molecule is COc1ccccc1C1CNCCN1CCC1CCOC1. The second kappa shape index (κ2) is 7.25. The Morgan fingerprint density at radius 3 is 3.10 bits per heavy atom. The Balaban J connectivity index is 1.68. The van der Waals surface area contributed by atoms with Crippen molar-refractivity contribution < 1.29 is 9.47 Å². The van der Waals surface area contributed by atoms with Gasteiger partial charge in [-0.05, 0) is 31.4 Å². The van der Waals surface area contributed by atoms with E-state index in [0.717, 1.165) is 51.1 Å². The first kappa shape index (κ1) is 14.8. The Morgan fingerprint density at radius 1 is 1.38 bits per heavy atom. The molecule has 0 saturated carbocycles. The van der Waals surface area contributed by atoms with Crippen molar-refractivity contribution in [3.63, 3.8) is 0 Å². The first-order valence-corrected chi connectivity index (χ1v) is 8.04. The molecule has 116 valence electrons. The Labute approximate surface area is 127 Å². The molecule has 1 aromatic rings. The summed E-state index contributed by atoms with van der Waals surface area (Å²) in [5, 5.41) is 3.52. The van der Waals surface area contributed by atoms with Crippen molar-refractivity contribution in [1.82, 2.24) is 10.2 Å². The van der Waals surface area contributed by atoms with Crippen molar-refractivity contribution in [2.45, 2.75) is 18.9 Å². The van der Waals surface area contributed by atoms with Crippen molar-refractivity contribution in [2.75, 3.05) is 46.5 Å². The molecule has 0 amide bonds. The number of benzene rings is 1. The van der Waals surface area contributed by atoms with Gasteiger partial charge in [-0.15, -0.1) is 0 Å². The number of piperazine rings is 1. The van der Waals surface area contributed by atoms with Gasteiger partial charge in [0, 0.05) is 38.4 Å². The van der Waals surface area contributed by atoms with Crippen LogP contribution < -0.4 is 10.1 Å². The number of ether oxygens (including phenoxy) is 2. The van der Waals surface area contributed by atoms with Crippen molar-refractivity contribution >= 4 is 0 Å². The molecule has 4 nitrogen and oxygen atoms in total. The summed E-state index contributed by atoms with van der Waals surface area (Å²) >= 11 is 0. The maximum absolute atomic E-state index is 5.55. The van der Waals surface area contributed by atoms with E-state index in [9.17, 15) is 0 Å². The largest absolute Gasteiger partial charge is 0.496 e. The van der Waals surface area contributed by atoms with E-state index in [1.54, 1.807) is 7.11 Å². The molecule has 2 fully saturated rings. The second-order valence-electron chi connectivity index (χ2n) is 6.02. The van der Waals surface area contributed by atoms with Crippen LogP contribution in [0.4, 0.5) is 0 Å². The van der Waals surface area contributed by atoms with Crippen LogP contribution in [-0.2, 0) is 4.74 Å². The molecule has 0 aromatic heterocycles. The molecule has 2 saturated heterocycles. The van der Waals surface area contributed by atoms with Crippen LogP contribution in [0.25, 0.3) is 0 Å². The zero-order valence-electron chi connectivity index (χ0n) is 12.9. The topological polar surface area (TPSA) is 33.7 Å². The van der Waals surface area contributed by atoms with Gasteiger partial charge in [0.2, 0.25) is 0 Å². The number of methoxy groups -OCH3 is 1. The summed E-state index contributed by atoms with van der Waals surface area (Å²) in [5.74, 6) is 1.75. The Morgan fingerprint density at radius 2 is 2.29 bits per heavy atom. The van der Waals surface area contributed by atoms with Gasteiger partial charge >= 0.3 is 0 Å². The zero-order chi connectivity index (χ0) is 14.5. The van der Waals surface area contributed by atoms with Gasteiger partial charge in [-0.2, -0.15) is 0 Å². The molecule has 4 heteroatoms. The third-order valence-electron chi connectivity index (χ3n) is 4.70. The fourth-order valence-electron chi connectivity index (χ4n) is 3.42. The van der Waals surface area contributed by atoms with Crippen LogP contribution in [0.2, 0.25) is 0 Å². The predicted octanol–water partition coefficient (Wildman–Crippen LogP) is 2.07. The van der Waals surface area contributed by atoms with Gasteiger partial charge in [0.15, 0.2) is 0 Å². The lowest BCUT2D eigenvalue weighted by Gasteiger charge is -2.37. The fraction of sp³-hybridized carbons (Fsp3) is 0.647. The molecule has 1 aromatic carbocycles. The van der Waals surface area contributed by atoms with Gasteiger partial charge in [0.1, 0.15) is 5.75 Å². The molecule has 2 unspecified atom stereocenters. The third-order valence-corrected chi connectivity index (χ3v) is 4.70. The minimum Gasteiger partial charge on any atom is -0.496 e. The summed E-state index contributed by atoms with van der Waals surface area (Å²) in [7, 11) is 1.76. The van der Waals surface area contributed by atoms with Crippen LogP contribution in [0.15, 0.2) is 24.3 Å². The molecule has 0 spiro atoms. The predicted molar refractivity (Wildman–Crippen MR) is 83.7 cm³/mol. The molecular formula is C17H26N2O2. The summed E-state index contributed by atoms with van der Waals surface area (Å²) < 4.78 is 11.0. The summed E-state index contributed by atoms with van der Waals surface area (Å²) in [5.41, 5.74) is 1.30. The number of nitrogens with one attached hydrogen (secondary N) is 1. The van der Waals surface area contributed by atoms with E-state index in [-0.39, 0.29) is 0 Å². The van der Waals surface area contributed by atoms with E-state index < -0.39 is 0 Å². The van der Waals surface area contributed by atoms with Gasteiger partial charge in [0.25, 0.3) is 0 Å². The van der Waals surface area contributed by atoms with Crippen LogP contribution in [-0.4, -0.2) is 51.4 Å². The van der Waals surface area contributed by atoms with Gasteiger partial charge in [-0.3, -0.25) is 4.90 Å². The molecule has 2 aliphatic rings. The van der Waals surface area contributed by atoms with E-state index in [1.165, 1.54) is 18.4 Å². The monoisotopic (exact) mass is 290 g/mol. The zero-order valence-corrected chi connectivity index (χ0v) is 12.9. The van der Waals surface area contributed by atoms with Crippen molar-refractivity contribution in [3.8, 4) is 5.75 Å². The molecule has 21 heavy (non-hydrogen) atoms. The number of nitrogens with zero attached hydrogens (tertiary/aromatic N) is 1. The van der Waals surface area contributed by atoms with E-state index in [0.29, 0.717) is 6.04 Å². The third kappa shape index (κ3) is 3.57. The summed E-state index contributed by atoms with van der Waals surface area (Å²) in [6.07, 6.45) is 2.47. The van der Waals surface area contributed by atoms with Crippen LogP contribution in [0.5, 0.6) is 5.75 Å². The molecule has 0 aliphatic carbocycles. The lowest BCUT2D eigenvalue weighted by atomic mass is 9.99. The standard InChI is InChI=1S/C17H26N2O2/c1-20-17-5-3-2-4-15(17)16-12-18-8-10-19(16)9-6-14-7-11-21-13-14/h2-5,14,16,18H,6-13H2,1H3. The second-order valence-corrected chi connectivity index (χ2v) is 6.02. The molecule has 3 rings (SSSR count). The van der Waals surface area contributed by atoms with E-state index >= 15 is 0 Å². The molecule has 2 atom stereocenters. The average molecular weight is 290 g/mol. The summed E-state index contributed by atoms with van der Waals surface area (Å²) in [6.45, 7) is 6.23. The van der Waals surface area contributed by atoms with Crippen LogP contribution >= 0.6 is 0 Å². The minimum atomic E-state index is 0.414. The number of hydrogen-bond donors (Lipinski definition) is 1. The van der Waals surface area contributed by atoms with E-state index in [2.05, 4.69) is 28.4 Å². The molecule has 2 aliphatic heterocycles. The Bertz CT molecular complexity index is 446. The van der Waals surface area contributed by atoms with E-state index in [4.69, 9.17) is 9.47 Å². The first-order chi connectivity index (χ1) is 10.4. The highest BCUT2D eigenvalue weighted by atomic mass is 16.5. The molecule has 0 bridgehead atoms.